The number of rotatable bonds is 4. The van der Waals surface area contributed by atoms with Gasteiger partial charge in [0.15, 0.2) is 0 Å². The molecule has 5 heteroatoms. The SMILES string of the molecule is CCOC(=O)c1c(C)c(-c2ccccn2)cc(C#N)c1-c1ccccc1F. The Morgan fingerprint density at radius 2 is 1.93 bits per heavy atom. The van der Waals surface area contributed by atoms with E-state index < -0.39 is 11.8 Å². The van der Waals surface area contributed by atoms with Crippen molar-refractivity contribution in [3.8, 4) is 28.5 Å². The Labute approximate surface area is 156 Å². The van der Waals surface area contributed by atoms with Gasteiger partial charge in [0, 0.05) is 22.9 Å². The summed E-state index contributed by atoms with van der Waals surface area (Å²) in [6.07, 6.45) is 1.63. The van der Waals surface area contributed by atoms with Crippen molar-refractivity contribution in [1.29, 1.82) is 5.26 Å². The van der Waals surface area contributed by atoms with E-state index in [1.807, 2.05) is 6.07 Å². The lowest BCUT2D eigenvalue weighted by molar-refractivity contribution is 0.0526. The molecule has 2 aromatic carbocycles. The molecule has 0 atom stereocenters. The molecular formula is C22H17FN2O2. The van der Waals surface area contributed by atoms with E-state index in [1.54, 1.807) is 56.4 Å². The van der Waals surface area contributed by atoms with E-state index in [1.165, 1.54) is 6.07 Å². The number of nitriles is 1. The topological polar surface area (TPSA) is 63.0 Å². The fourth-order valence-electron chi connectivity index (χ4n) is 3.06. The highest BCUT2D eigenvalue weighted by atomic mass is 19.1. The maximum Gasteiger partial charge on any atom is 0.339 e. The van der Waals surface area contributed by atoms with E-state index in [2.05, 4.69) is 11.1 Å². The monoisotopic (exact) mass is 360 g/mol. The largest absolute Gasteiger partial charge is 0.462 e. The van der Waals surface area contributed by atoms with Gasteiger partial charge in [0.2, 0.25) is 0 Å². The lowest BCUT2D eigenvalue weighted by atomic mass is 9.87. The van der Waals surface area contributed by atoms with Crippen molar-refractivity contribution in [2.45, 2.75) is 13.8 Å². The zero-order valence-electron chi connectivity index (χ0n) is 15.0. The van der Waals surface area contributed by atoms with Crippen molar-refractivity contribution in [2.75, 3.05) is 6.61 Å². The van der Waals surface area contributed by atoms with Crippen LogP contribution in [0.25, 0.3) is 22.4 Å². The van der Waals surface area contributed by atoms with Crippen LogP contribution in [0.5, 0.6) is 0 Å². The first-order valence-corrected chi connectivity index (χ1v) is 8.49. The third-order valence-corrected chi connectivity index (χ3v) is 4.27. The van der Waals surface area contributed by atoms with Crippen molar-refractivity contribution in [3.05, 3.63) is 77.2 Å². The quantitative estimate of drug-likeness (QED) is 0.620. The van der Waals surface area contributed by atoms with Crippen LogP contribution in [0, 0.1) is 24.1 Å². The Bertz CT molecular complexity index is 1040. The summed E-state index contributed by atoms with van der Waals surface area (Å²) in [5, 5.41) is 9.72. The number of ether oxygens (including phenoxy) is 1. The number of aromatic nitrogens is 1. The van der Waals surface area contributed by atoms with Crippen LogP contribution in [0.15, 0.2) is 54.7 Å². The number of halogens is 1. The van der Waals surface area contributed by atoms with Crippen LogP contribution in [0.3, 0.4) is 0 Å². The van der Waals surface area contributed by atoms with Crippen LogP contribution in [-0.2, 0) is 4.74 Å². The zero-order chi connectivity index (χ0) is 19.4. The zero-order valence-corrected chi connectivity index (χ0v) is 15.0. The van der Waals surface area contributed by atoms with Gasteiger partial charge in [-0.3, -0.25) is 4.98 Å². The van der Waals surface area contributed by atoms with E-state index in [0.29, 0.717) is 16.8 Å². The van der Waals surface area contributed by atoms with Crippen LogP contribution in [0.4, 0.5) is 4.39 Å². The van der Waals surface area contributed by atoms with Gasteiger partial charge in [0.1, 0.15) is 5.82 Å². The summed E-state index contributed by atoms with van der Waals surface area (Å²) in [7, 11) is 0. The fourth-order valence-corrected chi connectivity index (χ4v) is 3.06. The molecule has 0 aliphatic carbocycles. The Kier molecular flexibility index (Phi) is 5.28. The fraction of sp³-hybridized carbons (Fsp3) is 0.136. The number of nitrogens with zero attached hydrogens (tertiary/aromatic N) is 2. The van der Waals surface area contributed by atoms with Crippen LogP contribution in [0.2, 0.25) is 0 Å². The predicted molar refractivity (Wildman–Crippen MR) is 100 cm³/mol. The average Bonchev–Trinajstić information content (AvgIpc) is 2.69. The van der Waals surface area contributed by atoms with Gasteiger partial charge in [0.05, 0.1) is 29.5 Å². The molecule has 3 aromatic rings. The van der Waals surface area contributed by atoms with Crippen molar-refractivity contribution in [1.82, 2.24) is 4.98 Å². The Hall–Kier alpha value is -3.52. The number of hydrogen-bond donors (Lipinski definition) is 0. The van der Waals surface area contributed by atoms with Gasteiger partial charge in [-0.2, -0.15) is 5.26 Å². The molecule has 0 aliphatic heterocycles. The van der Waals surface area contributed by atoms with E-state index in [-0.39, 0.29) is 28.9 Å². The number of benzene rings is 2. The Morgan fingerprint density at radius 1 is 1.19 bits per heavy atom. The minimum Gasteiger partial charge on any atom is -0.462 e. The van der Waals surface area contributed by atoms with E-state index >= 15 is 0 Å². The standard InChI is InChI=1S/C22H17FN2O2/c1-3-27-22(26)20-14(2)17(19-10-6-7-11-25-19)12-15(13-24)21(20)16-8-4-5-9-18(16)23/h4-12H,3H2,1-2H3. The molecule has 27 heavy (non-hydrogen) atoms. The number of carbonyl (C=O) groups excluding carboxylic acids is 1. The number of hydrogen-bond acceptors (Lipinski definition) is 4. The van der Waals surface area contributed by atoms with Crippen LogP contribution >= 0.6 is 0 Å². The van der Waals surface area contributed by atoms with Crippen LogP contribution < -0.4 is 0 Å². The first-order chi connectivity index (χ1) is 13.1. The molecule has 1 heterocycles. The third kappa shape index (κ3) is 3.42. The second-order valence-electron chi connectivity index (χ2n) is 5.87. The van der Waals surface area contributed by atoms with Crippen molar-refractivity contribution >= 4 is 5.97 Å². The van der Waals surface area contributed by atoms with Crippen molar-refractivity contribution in [2.24, 2.45) is 0 Å². The average molecular weight is 360 g/mol. The molecule has 4 nitrogen and oxygen atoms in total. The summed E-state index contributed by atoms with van der Waals surface area (Å²) in [6.45, 7) is 3.62. The lowest BCUT2D eigenvalue weighted by Gasteiger charge is -2.17. The first-order valence-electron chi connectivity index (χ1n) is 8.49. The Morgan fingerprint density at radius 3 is 2.56 bits per heavy atom. The third-order valence-electron chi connectivity index (χ3n) is 4.27. The maximum absolute atomic E-state index is 14.5. The van der Waals surface area contributed by atoms with Gasteiger partial charge in [-0.05, 0) is 43.7 Å². The smallest absolute Gasteiger partial charge is 0.339 e. The van der Waals surface area contributed by atoms with Gasteiger partial charge >= 0.3 is 5.97 Å². The van der Waals surface area contributed by atoms with Gasteiger partial charge < -0.3 is 4.74 Å². The van der Waals surface area contributed by atoms with E-state index in [9.17, 15) is 14.4 Å². The molecular weight excluding hydrogens is 343 g/mol. The van der Waals surface area contributed by atoms with Gasteiger partial charge in [-0.1, -0.05) is 24.3 Å². The molecule has 0 amide bonds. The van der Waals surface area contributed by atoms with Gasteiger partial charge in [-0.15, -0.1) is 0 Å². The number of esters is 1. The summed E-state index contributed by atoms with van der Waals surface area (Å²) < 4.78 is 19.7. The summed E-state index contributed by atoms with van der Waals surface area (Å²) in [5.74, 6) is -1.10. The van der Waals surface area contributed by atoms with Crippen LogP contribution in [0.1, 0.15) is 28.4 Å². The highest BCUT2D eigenvalue weighted by molar-refractivity contribution is 6.02. The van der Waals surface area contributed by atoms with Crippen molar-refractivity contribution in [3.63, 3.8) is 0 Å². The molecule has 0 unspecified atom stereocenters. The van der Waals surface area contributed by atoms with Gasteiger partial charge in [-0.25, -0.2) is 9.18 Å². The minimum absolute atomic E-state index is 0.171. The minimum atomic E-state index is -0.595. The highest BCUT2D eigenvalue weighted by Crippen LogP contribution is 2.37. The molecule has 0 bridgehead atoms. The van der Waals surface area contributed by atoms with Crippen molar-refractivity contribution < 1.29 is 13.9 Å². The molecule has 1 aromatic heterocycles. The first kappa shape index (κ1) is 18.3. The summed E-state index contributed by atoms with van der Waals surface area (Å²) in [5.41, 5.74) is 2.65. The molecule has 0 radical (unpaired) electrons. The molecule has 134 valence electrons. The number of carbonyl (C=O) groups is 1. The molecule has 0 aliphatic rings. The van der Waals surface area contributed by atoms with E-state index in [0.717, 1.165) is 0 Å². The second kappa shape index (κ2) is 7.79. The molecule has 0 saturated heterocycles. The van der Waals surface area contributed by atoms with E-state index in [4.69, 9.17) is 4.74 Å². The molecule has 0 saturated carbocycles. The molecule has 3 rings (SSSR count). The predicted octanol–water partition coefficient (Wildman–Crippen LogP) is 4.91. The maximum atomic E-state index is 14.5. The Balaban J connectivity index is 2.40. The van der Waals surface area contributed by atoms with Gasteiger partial charge in [0.25, 0.3) is 0 Å². The lowest BCUT2D eigenvalue weighted by Crippen LogP contribution is -2.12. The summed E-state index contributed by atoms with van der Waals surface area (Å²) in [6, 6.07) is 15.2. The molecule has 0 spiro atoms. The summed E-state index contributed by atoms with van der Waals surface area (Å²) >= 11 is 0. The molecule has 0 N–H and O–H groups in total. The normalized spacial score (nSPS) is 10.3. The number of pyridine rings is 1. The van der Waals surface area contributed by atoms with Crippen LogP contribution in [-0.4, -0.2) is 17.6 Å². The highest BCUT2D eigenvalue weighted by Gasteiger charge is 2.25. The second-order valence-corrected chi connectivity index (χ2v) is 5.87. The summed E-state index contributed by atoms with van der Waals surface area (Å²) in [4.78, 5) is 17.1. The molecule has 0 fully saturated rings.